The molecule has 4 nitrogen and oxygen atoms in total. The van der Waals surface area contributed by atoms with Crippen molar-refractivity contribution < 1.29 is 4.74 Å². The second-order valence-corrected chi connectivity index (χ2v) is 5.26. The molecule has 2 rings (SSSR count). The Bertz CT molecular complexity index is 267. The molecule has 2 fully saturated rings. The van der Waals surface area contributed by atoms with Gasteiger partial charge in [-0.15, -0.1) is 24.0 Å². The molecule has 2 saturated heterocycles. The van der Waals surface area contributed by atoms with Crippen LogP contribution in [0.15, 0.2) is 4.99 Å². The minimum absolute atomic E-state index is 0. The van der Waals surface area contributed by atoms with E-state index in [1.165, 1.54) is 25.7 Å². The summed E-state index contributed by atoms with van der Waals surface area (Å²) in [4.78, 5) is 6.76. The average molecular weight is 367 g/mol. The number of rotatable bonds is 2. The zero-order chi connectivity index (χ0) is 12.1. The second-order valence-electron chi connectivity index (χ2n) is 5.26. The molecule has 0 aromatic carbocycles. The Labute approximate surface area is 128 Å². The van der Waals surface area contributed by atoms with Crippen LogP contribution in [0.5, 0.6) is 0 Å². The second kappa shape index (κ2) is 8.19. The number of hydrogen-bond acceptors (Lipinski definition) is 2. The zero-order valence-corrected chi connectivity index (χ0v) is 13.9. The summed E-state index contributed by atoms with van der Waals surface area (Å²) in [5.41, 5.74) is 0. The SMILES string of the molecule is CN=C(NCC1CCCO1)N1CCCC(C)C1.I. The highest BCUT2D eigenvalue weighted by Crippen LogP contribution is 2.16. The van der Waals surface area contributed by atoms with Crippen molar-refractivity contribution in [2.45, 2.75) is 38.7 Å². The van der Waals surface area contributed by atoms with E-state index in [4.69, 9.17) is 4.74 Å². The first-order valence-electron chi connectivity index (χ1n) is 6.87. The van der Waals surface area contributed by atoms with Crippen LogP contribution in [0.25, 0.3) is 0 Å². The van der Waals surface area contributed by atoms with Crippen molar-refractivity contribution in [1.29, 1.82) is 0 Å². The van der Waals surface area contributed by atoms with Crippen molar-refractivity contribution >= 4 is 29.9 Å². The van der Waals surface area contributed by atoms with Gasteiger partial charge in [0.2, 0.25) is 0 Å². The van der Waals surface area contributed by atoms with E-state index in [-0.39, 0.29) is 24.0 Å². The molecule has 0 bridgehead atoms. The van der Waals surface area contributed by atoms with Gasteiger partial charge in [-0.3, -0.25) is 4.99 Å². The normalized spacial score (nSPS) is 29.0. The molecule has 2 unspecified atom stereocenters. The number of likely N-dealkylation sites (tertiary alicyclic amines) is 1. The lowest BCUT2D eigenvalue weighted by molar-refractivity contribution is 0.112. The van der Waals surface area contributed by atoms with Gasteiger partial charge >= 0.3 is 0 Å². The fourth-order valence-corrected chi connectivity index (χ4v) is 2.72. The molecule has 0 aliphatic carbocycles. The van der Waals surface area contributed by atoms with E-state index in [0.29, 0.717) is 6.10 Å². The van der Waals surface area contributed by atoms with Crippen LogP contribution in [0.2, 0.25) is 0 Å². The Morgan fingerprint density at radius 3 is 2.83 bits per heavy atom. The van der Waals surface area contributed by atoms with Crippen molar-refractivity contribution in [3.63, 3.8) is 0 Å². The van der Waals surface area contributed by atoms with Gasteiger partial charge in [0.15, 0.2) is 5.96 Å². The van der Waals surface area contributed by atoms with Crippen LogP contribution in [0, 0.1) is 5.92 Å². The quantitative estimate of drug-likeness (QED) is 0.461. The lowest BCUT2D eigenvalue weighted by Gasteiger charge is -2.33. The molecular formula is C13H26IN3O. The molecule has 0 spiro atoms. The molecule has 1 N–H and O–H groups in total. The third kappa shape index (κ3) is 4.57. The highest BCUT2D eigenvalue weighted by molar-refractivity contribution is 14.0. The number of ether oxygens (including phenoxy) is 1. The van der Waals surface area contributed by atoms with Crippen molar-refractivity contribution in [2.75, 3.05) is 33.3 Å². The Morgan fingerprint density at radius 1 is 1.39 bits per heavy atom. The predicted octanol–water partition coefficient (Wildman–Crippen LogP) is 2.09. The number of hydrogen-bond donors (Lipinski definition) is 1. The van der Waals surface area contributed by atoms with Crippen LogP contribution in [0.1, 0.15) is 32.6 Å². The highest BCUT2D eigenvalue weighted by atomic mass is 127. The van der Waals surface area contributed by atoms with Crippen molar-refractivity contribution in [1.82, 2.24) is 10.2 Å². The van der Waals surface area contributed by atoms with Gasteiger partial charge in [-0.2, -0.15) is 0 Å². The van der Waals surface area contributed by atoms with E-state index in [1.54, 1.807) is 0 Å². The van der Waals surface area contributed by atoms with Gasteiger partial charge in [0.1, 0.15) is 0 Å². The highest BCUT2D eigenvalue weighted by Gasteiger charge is 2.21. The van der Waals surface area contributed by atoms with Gasteiger partial charge in [-0.1, -0.05) is 6.92 Å². The van der Waals surface area contributed by atoms with Gasteiger partial charge in [0.25, 0.3) is 0 Å². The van der Waals surface area contributed by atoms with E-state index in [9.17, 15) is 0 Å². The Balaban J connectivity index is 0.00000162. The maximum atomic E-state index is 5.62. The molecule has 0 radical (unpaired) electrons. The Hall–Kier alpha value is -0.0400. The molecule has 2 aliphatic heterocycles. The maximum absolute atomic E-state index is 5.62. The molecule has 2 atom stereocenters. The summed E-state index contributed by atoms with van der Waals surface area (Å²) < 4.78 is 5.62. The third-order valence-corrected chi connectivity index (χ3v) is 3.68. The number of nitrogens with zero attached hydrogens (tertiary/aromatic N) is 2. The largest absolute Gasteiger partial charge is 0.376 e. The first-order valence-corrected chi connectivity index (χ1v) is 6.87. The zero-order valence-electron chi connectivity index (χ0n) is 11.5. The Kier molecular flexibility index (Phi) is 7.29. The first-order chi connectivity index (χ1) is 8.29. The van der Waals surface area contributed by atoms with Crippen molar-refractivity contribution in [3.05, 3.63) is 0 Å². The van der Waals surface area contributed by atoms with Crippen molar-refractivity contribution in [3.8, 4) is 0 Å². The molecule has 0 amide bonds. The molecule has 0 aromatic rings. The van der Waals surface area contributed by atoms with Gasteiger partial charge in [0, 0.05) is 33.3 Å². The molecular weight excluding hydrogens is 341 g/mol. The van der Waals surface area contributed by atoms with Crippen molar-refractivity contribution in [2.24, 2.45) is 10.9 Å². The van der Waals surface area contributed by atoms with Crippen LogP contribution in [-0.4, -0.2) is 50.3 Å². The number of aliphatic imine (C=N–C) groups is 1. The van der Waals surface area contributed by atoms with E-state index >= 15 is 0 Å². The van der Waals surface area contributed by atoms with Crippen LogP contribution in [0.4, 0.5) is 0 Å². The van der Waals surface area contributed by atoms with Crippen LogP contribution < -0.4 is 5.32 Å². The lowest BCUT2D eigenvalue weighted by Crippen LogP contribution is -2.47. The predicted molar refractivity (Wildman–Crippen MR) is 85.7 cm³/mol. The smallest absolute Gasteiger partial charge is 0.193 e. The summed E-state index contributed by atoms with van der Waals surface area (Å²) in [6.07, 6.45) is 5.39. The fourth-order valence-electron chi connectivity index (χ4n) is 2.72. The molecule has 18 heavy (non-hydrogen) atoms. The maximum Gasteiger partial charge on any atom is 0.193 e. The van der Waals surface area contributed by atoms with Crippen LogP contribution >= 0.6 is 24.0 Å². The molecule has 5 heteroatoms. The third-order valence-electron chi connectivity index (χ3n) is 3.68. The minimum Gasteiger partial charge on any atom is -0.376 e. The average Bonchev–Trinajstić information content (AvgIpc) is 2.83. The van der Waals surface area contributed by atoms with Crippen LogP contribution in [0.3, 0.4) is 0 Å². The van der Waals surface area contributed by atoms with Gasteiger partial charge in [-0.25, -0.2) is 0 Å². The summed E-state index contributed by atoms with van der Waals surface area (Å²) in [7, 11) is 1.87. The van der Waals surface area contributed by atoms with E-state index in [2.05, 4.69) is 22.1 Å². The summed E-state index contributed by atoms with van der Waals surface area (Å²) in [5, 5.41) is 3.45. The van der Waals surface area contributed by atoms with E-state index < -0.39 is 0 Å². The van der Waals surface area contributed by atoms with Crippen LogP contribution in [-0.2, 0) is 4.74 Å². The standard InChI is InChI=1S/C13H25N3O.HI/c1-11-5-3-7-16(10-11)13(14-2)15-9-12-6-4-8-17-12;/h11-12H,3-10H2,1-2H3,(H,14,15);1H. The number of guanidine groups is 1. The lowest BCUT2D eigenvalue weighted by atomic mass is 10.0. The fraction of sp³-hybridized carbons (Fsp3) is 0.923. The molecule has 2 heterocycles. The molecule has 0 aromatic heterocycles. The van der Waals surface area contributed by atoms with Gasteiger partial charge < -0.3 is 15.0 Å². The number of piperidine rings is 1. The minimum atomic E-state index is 0. The summed E-state index contributed by atoms with van der Waals surface area (Å²) in [5.74, 6) is 1.83. The van der Waals surface area contributed by atoms with E-state index in [1.807, 2.05) is 7.05 Å². The van der Waals surface area contributed by atoms with E-state index in [0.717, 1.165) is 38.1 Å². The summed E-state index contributed by atoms with van der Waals surface area (Å²) in [6.45, 7) is 6.41. The Morgan fingerprint density at radius 2 is 2.22 bits per heavy atom. The molecule has 0 saturated carbocycles. The summed E-state index contributed by atoms with van der Waals surface area (Å²) in [6, 6.07) is 0. The van der Waals surface area contributed by atoms with Gasteiger partial charge in [0.05, 0.1) is 6.10 Å². The first kappa shape index (κ1) is 16.0. The van der Waals surface area contributed by atoms with Gasteiger partial charge in [-0.05, 0) is 31.6 Å². The topological polar surface area (TPSA) is 36.9 Å². The monoisotopic (exact) mass is 367 g/mol. The molecule has 2 aliphatic rings. The molecule has 106 valence electrons. The summed E-state index contributed by atoms with van der Waals surface area (Å²) >= 11 is 0. The number of nitrogens with one attached hydrogen (secondary N) is 1. The number of halogens is 1.